The van der Waals surface area contributed by atoms with E-state index in [0.29, 0.717) is 16.7 Å². The van der Waals surface area contributed by atoms with E-state index in [1.807, 2.05) is 97.2 Å². The summed E-state index contributed by atoms with van der Waals surface area (Å²) < 4.78 is 2.12. The van der Waals surface area contributed by atoms with E-state index in [-0.39, 0.29) is 24.4 Å². The van der Waals surface area contributed by atoms with E-state index in [1.54, 1.807) is 6.20 Å². The maximum Gasteiger partial charge on any atom is 0.226 e. The zero-order valence-electron chi connectivity index (χ0n) is 21.0. The van der Waals surface area contributed by atoms with Gasteiger partial charge in [0.15, 0.2) is 5.11 Å². The Labute approximate surface area is 237 Å². The summed E-state index contributed by atoms with van der Waals surface area (Å²) in [4.78, 5) is 19.9. The van der Waals surface area contributed by atoms with Crippen LogP contribution in [0.3, 0.4) is 0 Å². The van der Waals surface area contributed by atoms with E-state index in [0.717, 1.165) is 33.5 Å². The molecule has 0 bridgehead atoms. The number of nitrogens with zero attached hydrogens (tertiary/aromatic N) is 3. The van der Waals surface area contributed by atoms with Crippen LogP contribution in [0.25, 0.3) is 16.5 Å². The zero-order valence-corrected chi connectivity index (χ0v) is 22.6. The number of benzene rings is 3. The number of amides is 1. The van der Waals surface area contributed by atoms with Crippen LogP contribution < -0.4 is 10.6 Å². The van der Waals surface area contributed by atoms with Crippen molar-refractivity contribution in [2.45, 2.75) is 18.5 Å². The molecular formula is C31H26ClN5OS. The van der Waals surface area contributed by atoms with Crippen molar-refractivity contribution in [3.63, 3.8) is 0 Å². The molecule has 2 N–H and O–H groups in total. The summed E-state index contributed by atoms with van der Waals surface area (Å²) in [6.45, 7) is 0.442. The monoisotopic (exact) mass is 551 g/mol. The fraction of sp³-hybridized carbons (Fsp3) is 0.129. The van der Waals surface area contributed by atoms with E-state index < -0.39 is 0 Å². The Morgan fingerprint density at radius 1 is 0.974 bits per heavy atom. The first kappa shape index (κ1) is 25.1. The Kier molecular flexibility index (Phi) is 7.00. The summed E-state index contributed by atoms with van der Waals surface area (Å²) in [5, 5.41) is 9.92. The second-order valence-electron chi connectivity index (χ2n) is 9.43. The minimum absolute atomic E-state index is 0.0700. The number of aromatic nitrogens is 2. The SMILES string of the molecule is O=C(CCN1C(=S)NC(c2ccccn2)C1c1cccn1-c1cccc(Cl)c1)Nc1cccc2ccccc12. The molecule has 5 aromatic rings. The molecule has 3 aromatic carbocycles. The first-order valence-electron chi connectivity index (χ1n) is 12.8. The Morgan fingerprint density at radius 3 is 2.64 bits per heavy atom. The molecule has 3 heterocycles. The molecule has 1 saturated heterocycles. The normalized spacial score (nSPS) is 16.8. The third-order valence-electron chi connectivity index (χ3n) is 7.01. The third kappa shape index (κ3) is 5.11. The molecule has 0 saturated carbocycles. The molecule has 194 valence electrons. The van der Waals surface area contributed by atoms with Crippen LogP contribution in [-0.4, -0.2) is 32.0 Å². The lowest BCUT2D eigenvalue weighted by Crippen LogP contribution is -2.33. The highest BCUT2D eigenvalue weighted by Crippen LogP contribution is 2.39. The number of hydrogen-bond donors (Lipinski definition) is 2. The van der Waals surface area contributed by atoms with E-state index in [9.17, 15) is 4.79 Å². The number of anilines is 1. The van der Waals surface area contributed by atoms with Crippen molar-refractivity contribution in [1.82, 2.24) is 19.8 Å². The molecule has 2 aromatic heterocycles. The highest BCUT2D eigenvalue weighted by Gasteiger charge is 2.41. The maximum absolute atomic E-state index is 13.2. The summed E-state index contributed by atoms with van der Waals surface area (Å²) in [7, 11) is 0. The van der Waals surface area contributed by atoms with Crippen molar-refractivity contribution in [2.24, 2.45) is 0 Å². The second-order valence-corrected chi connectivity index (χ2v) is 10.3. The largest absolute Gasteiger partial charge is 0.352 e. The fourth-order valence-corrected chi connectivity index (χ4v) is 5.75. The molecule has 0 spiro atoms. The number of nitrogens with one attached hydrogen (secondary N) is 2. The molecule has 1 amide bonds. The van der Waals surface area contributed by atoms with Crippen LogP contribution in [0.1, 0.15) is 29.9 Å². The molecule has 1 fully saturated rings. The molecule has 39 heavy (non-hydrogen) atoms. The van der Waals surface area contributed by atoms with Crippen LogP contribution in [0.4, 0.5) is 5.69 Å². The summed E-state index contributed by atoms with van der Waals surface area (Å²) >= 11 is 12.1. The van der Waals surface area contributed by atoms with Gasteiger partial charge in [0.1, 0.15) is 0 Å². The lowest BCUT2D eigenvalue weighted by molar-refractivity contribution is -0.116. The van der Waals surface area contributed by atoms with Gasteiger partial charge >= 0.3 is 0 Å². The number of thiocarbonyl (C=S) groups is 1. The fourth-order valence-electron chi connectivity index (χ4n) is 5.23. The number of rotatable bonds is 7. The van der Waals surface area contributed by atoms with Gasteiger partial charge in [-0.3, -0.25) is 9.78 Å². The van der Waals surface area contributed by atoms with Gasteiger partial charge in [-0.1, -0.05) is 60.1 Å². The van der Waals surface area contributed by atoms with Crippen LogP contribution in [-0.2, 0) is 4.79 Å². The van der Waals surface area contributed by atoms with Gasteiger partial charge < -0.3 is 20.1 Å². The molecule has 6 rings (SSSR count). The molecular weight excluding hydrogens is 526 g/mol. The zero-order chi connectivity index (χ0) is 26.8. The topological polar surface area (TPSA) is 62.2 Å². The average molecular weight is 552 g/mol. The van der Waals surface area contributed by atoms with Crippen molar-refractivity contribution in [1.29, 1.82) is 0 Å². The molecule has 1 aliphatic heterocycles. The van der Waals surface area contributed by atoms with E-state index in [4.69, 9.17) is 23.8 Å². The van der Waals surface area contributed by atoms with Crippen molar-refractivity contribution in [2.75, 3.05) is 11.9 Å². The van der Waals surface area contributed by atoms with Gasteiger partial charge in [-0.15, -0.1) is 0 Å². The van der Waals surface area contributed by atoms with E-state index >= 15 is 0 Å². The second kappa shape index (κ2) is 10.9. The van der Waals surface area contributed by atoms with Gasteiger partial charge in [0.25, 0.3) is 0 Å². The molecule has 0 radical (unpaired) electrons. The van der Waals surface area contributed by atoms with Crippen molar-refractivity contribution >= 4 is 51.3 Å². The van der Waals surface area contributed by atoms with Gasteiger partial charge in [-0.05, 0) is 66.1 Å². The standard InChI is InChI=1S/C31H26ClN5OS/c32-22-10-6-11-23(20-22)36-18-7-15-27(36)30-29(26-13-3-4-17-33-26)35-31(39)37(30)19-16-28(38)34-25-14-5-9-21-8-1-2-12-24(21)25/h1-15,17-18,20,29-30H,16,19H2,(H,34,38)(H,35,39). The maximum atomic E-state index is 13.2. The summed E-state index contributed by atoms with van der Waals surface area (Å²) in [6.07, 6.45) is 4.07. The van der Waals surface area contributed by atoms with Gasteiger partial charge in [0, 0.05) is 52.8 Å². The van der Waals surface area contributed by atoms with Gasteiger partial charge in [-0.25, -0.2) is 0 Å². The van der Waals surface area contributed by atoms with Crippen molar-refractivity contribution in [3.05, 3.63) is 126 Å². The quantitative estimate of drug-likeness (QED) is 0.221. The number of carbonyl (C=O) groups is 1. The number of carbonyl (C=O) groups excluding carboxylic acids is 1. The Hall–Kier alpha value is -4.20. The number of fused-ring (bicyclic) bond motifs is 1. The van der Waals surface area contributed by atoms with Crippen LogP contribution in [0.5, 0.6) is 0 Å². The lowest BCUT2D eigenvalue weighted by Gasteiger charge is -2.29. The molecule has 8 heteroatoms. The Balaban J connectivity index is 1.29. The van der Waals surface area contributed by atoms with Gasteiger partial charge in [-0.2, -0.15) is 0 Å². The van der Waals surface area contributed by atoms with E-state index in [2.05, 4.69) is 31.2 Å². The summed E-state index contributed by atoms with van der Waals surface area (Å²) in [5.74, 6) is -0.0700. The van der Waals surface area contributed by atoms with Gasteiger partial charge in [0.05, 0.1) is 17.8 Å². The average Bonchev–Trinajstić information content (AvgIpc) is 3.57. The highest BCUT2D eigenvalue weighted by molar-refractivity contribution is 7.80. The minimum Gasteiger partial charge on any atom is -0.352 e. The van der Waals surface area contributed by atoms with Crippen LogP contribution >= 0.6 is 23.8 Å². The smallest absolute Gasteiger partial charge is 0.226 e. The van der Waals surface area contributed by atoms with Gasteiger partial charge in [0.2, 0.25) is 5.91 Å². The van der Waals surface area contributed by atoms with E-state index in [1.165, 1.54) is 0 Å². The number of hydrogen-bond acceptors (Lipinski definition) is 3. The molecule has 0 aliphatic carbocycles. The first-order chi connectivity index (χ1) is 19.1. The predicted octanol–water partition coefficient (Wildman–Crippen LogP) is 6.68. The molecule has 2 unspecified atom stereocenters. The van der Waals surface area contributed by atoms with Crippen molar-refractivity contribution < 1.29 is 4.79 Å². The van der Waals surface area contributed by atoms with Crippen LogP contribution in [0.2, 0.25) is 5.02 Å². The number of halogens is 1. The van der Waals surface area contributed by atoms with Crippen LogP contribution in [0.15, 0.2) is 109 Å². The first-order valence-corrected chi connectivity index (χ1v) is 13.6. The predicted molar refractivity (Wildman–Crippen MR) is 160 cm³/mol. The van der Waals surface area contributed by atoms with Crippen molar-refractivity contribution in [3.8, 4) is 5.69 Å². The minimum atomic E-state index is -0.188. The summed E-state index contributed by atoms with van der Waals surface area (Å²) in [6, 6.07) is 31.3. The molecule has 1 aliphatic rings. The lowest BCUT2D eigenvalue weighted by atomic mass is 10.0. The highest BCUT2D eigenvalue weighted by atomic mass is 35.5. The summed E-state index contributed by atoms with van der Waals surface area (Å²) in [5.41, 5.74) is 3.66. The Bertz CT molecular complexity index is 1650. The molecule has 6 nitrogen and oxygen atoms in total. The number of pyridine rings is 1. The molecule has 2 atom stereocenters. The Morgan fingerprint density at radius 2 is 1.79 bits per heavy atom. The third-order valence-corrected chi connectivity index (χ3v) is 7.60. The van der Waals surface area contributed by atoms with Crippen LogP contribution in [0, 0.1) is 0 Å².